The van der Waals surface area contributed by atoms with Gasteiger partial charge in [0.05, 0.1) is 0 Å². The molecular weight excluding hydrogens is 168 g/mol. The molecule has 1 aliphatic rings. The van der Waals surface area contributed by atoms with E-state index in [9.17, 15) is 0 Å². The standard InChI is InChI=1S/C6H12O6/c1-2-3-6-11-9-4-7-8-5-10-12-6/h6H,2-5H2,1H3. The van der Waals surface area contributed by atoms with Crippen LogP contribution in [0.5, 0.6) is 0 Å². The maximum absolute atomic E-state index is 4.75. The number of rotatable bonds is 2. The lowest BCUT2D eigenvalue weighted by Gasteiger charge is -2.11. The molecule has 1 rings (SSSR count). The molecule has 0 aromatic carbocycles. The highest BCUT2D eigenvalue weighted by atomic mass is 17.4. The van der Waals surface area contributed by atoms with Crippen molar-refractivity contribution >= 4 is 0 Å². The van der Waals surface area contributed by atoms with Crippen LogP contribution in [-0.2, 0) is 29.3 Å². The van der Waals surface area contributed by atoms with Gasteiger partial charge in [-0.15, -0.1) is 0 Å². The molecule has 0 radical (unpaired) electrons. The minimum absolute atomic E-state index is 0.104. The van der Waals surface area contributed by atoms with Crippen LogP contribution in [0.25, 0.3) is 0 Å². The van der Waals surface area contributed by atoms with Crippen LogP contribution < -0.4 is 0 Å². The first-order chi connectivity index (χ1) is 5.93. The molecule has 0 N–H and O–H groups in total. The van der Waals surface area contributed by atoms with E-state index in [2.05, 4.69) is 19.6 Å². The van der Waals surface area contributed by atoms with E-state index in [1.54, 1.807) is 0 Å². The Morgan fingerprint density at radius 1 is 1.00 bits per heavy atom. The van der Waals surface area contributed by atoms with Gasteiger partial charge in [0.15, 0.2) is 0 Å². The van der Waals surface area contributed by atoms with Gasteiger partial charge in [0, 0.05) is 6.42 Å². The summed E-state index contributed by atoms with van der Waals surface area (Å²) in [5.41, 5.74) is 0. The zero-order valence-corrected chi connectivity index (χ0v) is 6.86. The van der Waals surface area contributed by atoms with E-state index >= 15 is 0 Å². The highest BCUT2D eigenvalue weighted by molar-refractivity contribution is 4.36. The Morgan fingerprint density at radius 3 is 2.08 bits per heavy atom. The molecule has 0 bridgehead atoms. The summed E-state index contributed by atoms with van der Waals surface area (Å²) in [4.78, 5) is 27.5. The van der Waals surface area contributed by atoms with Crippen molar-refractivity contribution in [2.24, 2.45) is 0 Å². The van der Waals surface area contributed by atoms with Crippen molar-refractivity contribution in [2.45, 2.75) is 26.1 Å². The monoisotopic (exact) mass is 180 g/mol. The molecule has 0 unspecified atom stereocenters. The fourth-order valence-electron chi connectivity index (χ4n) is 0.663. The Morgan fingerprint density at radius 2 is 1.58 bits per heavy atom. The quantitative estimate of drug-likeness (QED) is 0.588. The van der Waals surface area contributed by atoms with Crippen LogP contribution >= 0.6 is 0 Å². The summed E-state index contributed by atoms with van der Waals surface area (Å²) >= 11 is 0. The van der Waals surface area contributed by atoms with Gasteiger partial charge in [-0.25, -0.2) is 19.6 Å². The summed E-state index contributed by atoms with van der Waals surface area (Å²) < 4.78 is 0. The fraction of sp³-hybridized carbons (Fsp3) is 1.00. The first-order valence-corrected chi connectivity index (χ1v) is 3.74. The molecule has 0 aromatic rings. The molecule has 0 saturated carbocycles. The number of hydrogen-bond donors (Lipinski definition) is 0. The van der Waals surface area contributed by atoms with Crippen molar-refractivity contribution in [1.29, 1.82) is 0 Å². The van der Waals surface area contributed by atoms with Crippen molar-refractivity contribution in [2.75, 3.05) is 13.6 Å². The first kappa shape index (κ1) is 9.85. The zero-order chi connectivity index (χ0) is 8.65. The van der Waals surface area contributed by atoms with E-state index in [0.717, 1.165) is 6.42 Å². The van der Waals surface area contributed by atoms with E-state index in [4.69, 9.17) is 9.78 Å². The van der Waals surface area contributed by atoms with Gasteiger partial charge in [-0.1, -0.05) is 13.3 Å². The van der Waals surface area contributed by atoms with Gasteiger partial charge in [-0.3, -0.25) is 0 Å². The zero-order valence-electron chi connectivity index (χ0n) is 6.86. The smallest absolute Gasteiger partial charge is 0.202 e. The fourth-order valence-corrected chi connectivity index (χ4v) is 0.663. The second kappa shape index (κ2) is 6.30. The van der Waals surface area contributed by atoms with Crippen LogP contribution in [0.1, 0.15) is 19.8 Å². The molecule has 1 saturated heterocycles. The second-order valence-corrected chi connectivity index (χ2v) is 2.12. The summed E-state index contributed by atoms with van der Waals surface area (Å²) in [6, 6.07) is 0. The minimum atomic E-state index is -0.528. The van der Waals surface area contributed by atoms with Crippen LogP contribution in [-0.4, -0.2) is 19.9 Å². The lowest BCUT2D eigenvalue weighted by atomic mass is 10.3. The maximum Gasteiger partial charge on any atom is 0.224 e. The SMILES string of the molecule is CCCC1OOCOOCOO1. The van der Waals surface area contributed by atoms with Gasteiger partial charge in [-0.05, 0) is 0 Å². The predicted molar refractivity (Wildman–Crippen MR) is 34.9 cm³/mol. The Bertz CT molecular complexity index is 98.2. The average Bonchev–Trinajstić information content (AvgIpc) is 2.19. The minimum Gasteiger partial charge on any atom is -0.202 e. The molecule has 0 atom stereocenters. The van der Waals surface area contributed by atoms with E-state index in [1.165, 1.54) is 0 Å². The molecule has 0 aliphatic carbocycles. The van der Waals surface area contributed by atoms with Crippen LogP contribution in [0.15, 0.2) is 0 Å². The Labute approximate surface area is 70.0 Å². The van der Waals surface area contributed by atoms with Gasteiger partial charge < -0.3 is 0 Å². The maximum atomic E-state index is 4.75. The summed E-state index contributed by atoms with van der Waals surface area (Å²) in [5.74, 6) is 0. The Hall–Kier alpha value is -0.240. The van der Waals surface area contributed by atoms with Crippen LogP contribution in [0, 0.1) is 0 Å². The van der Waals surface area contributed by atoms with E-state index < -0.39 is 6.29 Å². The van der Waals surface area contributed by atoms with Gasteiger partial charge >= 0.3 is 0 Å². The molecule has 0 amide bonds. The molecule has 1 fully saturated rings. The van der Waals surface area contributed by atoms with Crippen LogP contribution in [0.2, 0.25) is 0 Å². The predicted octanol–water partition coefficient (Wildman–Crippen LogP) is 0.886. The molecule has 0 aromatic heterocycles. The van der Waals surface area contributed by atoms with Crippen LogP contribution in [0.4, 0.5) is 0 Å². The highest BCUT2D eigenvalue weighted by Gasteiger charge is 2.12. The summed E-state index contributed by atoms with van der Waals surface area (Å²) in [6.07, 6.45) is 1.05. The van der Waals surface area contributed by atoms with Crippen LogP contribution in [0.3, 0.4) is 0 Å². The molecular formula is C6H12O6. The normalized spacial score (nSPS) is 22.8. The largest absolute Gasteiger partial charge is 0.224 e. The average molecular weight is 180 g/mol. The first-order valence-electron chi connectivity index (χ1n) is 3.74. The molecule has 12 heavy (non-hydrogen) atoms. The Balaban J connectivity index is 2.19. The lowest BCUT2D eigenvalue weighted by Crippen LogP contribution is -2.17. The van der Waals surface area contributed by atoms with Gasteiger partial charge in [-0.2, -0.15) is 9.78 Å². The van der Waals surface area contributed by atoms with E-state index in [0.29, 0.717) is 6.42 Å². The van der Waals surface area contributed by atoms with Crippen molar-refractivity contribution in [3.63, 3.8) is 0 Å². The summed E-state index contributed by atoms with van der Waals surface area (Å²) in [5, 5.41) is 0. The number of hydrogen-bond acceptors (Lipinski definition) is 6. The highest BCUT2D eigenvalue weighted by Crippen LogP contribution is 2.06. The molecule has 6 nitrogen and oxygen atoms in total. The summed E-state index contributed by atoms with van der Waals surface area (Å²) in [7, 11) is 0. The molecule has 6 heteroatoms. The Kier molecular flexibility index (Phi) is 5.16. The molecule has 0 spiro atoms. The van der Waals surface area contributed by atoms with Gasteiger partial charge in [0.2, 0.25) is 19.9 Å². The van der Waals surface area contributed by atoms with Crippen molar-refractivity contribution in [3.05, 3.63) is 0 Å². The molecule has 1 heterocycles. The lowest BCUT2D eigenvalue weighted by molar-refractivity contribution is -0.463. The van der Waals surface area contributed by atoms with Gasteiger partial charge in [0.1, 0.15) is 0 Å². The molecule has 72 valence electrons. The molecule has 1 aliphatic heterocycles. The van der Waals surface area contributed by atoms with E-state index in [-0.39, 0.29) is 13.6 Å². The van der Waals surface area contributed by atoms with Crippen molar-refractivity contribution in [3.8, 4) is 0 Å². The van der Waals surface area contributed by atoms with Gasteiger partial charge in [0.25, 0.3) is 0 Å². The van der Waals surface area contributed by atoms with E-state index in [1.807, 2.05) is 6.92 Å². The summed E-state index contributed by atoms with van der Waals surface area (Å²) in [6.45, 7) is 1.78. The third-order valence-electron chi connectivity index (χ3n) is 1.15. The topological polar surface area (TPSA) is 55.4 Å². The van der Waals surface area contributed by atoms with Crippen molar-refractivity contribution < 1.29 is 29.3 Å². The van der Waals surface area contributed by atoms with Crippen molar-refractivity contribution in [1.82, 2.24) is 0 Å². The third kappa shape index (κ3) is 3.96. The second-order valence-electron chi connectivity index (χ2n) is 2.12. The third-order valence-corrected chi connectivity index (χ3v) is 1.15.